The van der Waals surface area contributed by atoms with Crippen molar-refractivity contribution in [1.82, 2.24) is 4.90 Å². The van der Waals surface area contributed by atoms with E-state index in [1.807, 2.05) is 24.3 Å². The van der Waals surface area contributed by atoms with Gasteiger partial charge in [-0.15, -0.1) is 0 Å². The van der Waals surface area contributed by atoms with Crippen LogP contribution in [0.15, 0.2) is 36.9 Å². The van der Waals surface area contributed by atoms with Crippen molar-refractivity contribution in [2.75, 3.05) is 13.7 Å². The predicted octanol–water partition coefficient (Wildman–Crippen LogP) is 2.46. The van der Waals surface area contributed by atoms with E-state index in [0.29, 0.717) is 19.6 Å². The van der Waals surface area contributed by atoms with Crippen LogP contribution >= 0.6 is 0 Å². The number of hydrogen-bond acceptors (Lipinski definition) is 3. The van der Waals surface area contributed by atoms with Crippen LogP contribution in [0.1, 0.15) is 24.8 Å². The average molecular weight is 291 g/mol. The zero-order valence-electron chi connectivity index (χ0n) is 12.2. The van der Waals surface area contributed by atoms with Crippen molar-refractivity contribution in [2.45, 2.75) is 25.8 Å². The van der Waals surface area contributed by atoms with Gasteiger partial charge in [-0.3, -0.25) is 9.59 Å². The standard InChI is InChI=1S/C16H21NO4/c1-3-11-21-14-9-7-13(8-10-14)12-17(2)15(18)5-4-6-16(19)20/h3,7-10H,1,4-6,11-12H2,2H3,(H,19,20). The summed E-state index contributed by atoms with van der Waals surface area (Å²) in [4.78, 5) is 23.8. The number of carbonyl (C=O) groups is 2. The van der Waals surface area contributed by atoms with Crippen LogP contribution in [-0.4, -0.2) is 35.5 Å². The second-order valence-corrected chi connectivity index (χ2v) is 4.74. The Bertz CT molecular complexity index is 482. The number of carboxylic acids is 1. The lowest BCUT2D eigenvalue weighted by Crippen LogP contribution is -2.26. The van der Waals surface area contributed by atoms with Crippen molar-refractivity contribution in [2.24, 2.45) is 0 Å². The molecule has 0 aromatic heterocycles. The summed E-state index contributed by atoms with van der Waals surface area (Å²) >= 11 is 0. The summed E-state index contributed by atoms with van der Waals surface area (Å²) in [5, 5.41) is 8.54. The highest BCUT2D eigenvalue weighted by Gasteiger charge is 2.10. The van der Waals surface area contributed by atoms with E-state index < -0.39 is 5.97 Å². The van der Waals surface area contributed by atoms with Gasteiger partial charge in [0.1, 0.15) is 12.4 Å². The van der Waals surface area contributed by atoms with Gasteiger partial charge in [0.25, 0.3) is 0 Å². The first-order valence-corrected chi connectivity index (χ1v) is 6.81. The molecule has 0 atom stereocenters. The van der Waals surface area contributed by atoms with Gasteiger partial charge in [0, 0.05) is 26.4 Å². The average Bonchev–Trinajstić information content (AvgIpc) is 2.46. The molecule has 21 heavy (non-hydrogen) atoms. The minimum atomic E-state index is -0.874. The van der Waals surface area contributed by atoms with Crippen LogP contribution in [0.3, 0.4) is 0 Å². The predicted molar refractivity (Wildman–Crippen MR) is 80.1 cm³/mol. The number of ether oxygens (including phenoxy) is 1. The van der Waals surface area contributed by atoms with E-state index in [9.17, 15) is 9.59 Å². The summed E-state index contributed by atoms with van der Waals surface area (Å²) in [6.07, 6.45) is 2.32. The molecule has 5 nitrogen and oxygen atoms in total. The molecule has 0 bridgehead atoms. The Labute approximate surface area is 124 Å². The van der Waals surface area contributed by atoms with E-state index in [1.54, 1.807) is 18.0 Å². The highest BCUT2D eigenvalue weighted by Crippen LogP contribution is 2.14. The molecule has 1 amide bonds. The quantitative estimate of drug-likeness (QED) is 0.710. The first-order chi connectivity index (χ1) is 10.0. The van der Waals surface area contributed by atoms with Gasteiger partial charge in [-0.1, -0.05) is 24.8 Å². The molecular formula is C16H21NO4. The highest BCUT2D eigenvalue weighted by molar-refractivity contribution is 5.76. The fourth-order valence-corrected chi connectivity index (χ4v) is 1.79. The molecule has 0 aliphatic heterocycles. The van der Waals surface area contributed by atoms with Crippen LogP contribution in [0.25, 0.3) is 0 Å². The van der Waals surface area contributed by atoms with Crippen LogP contribution in [0, 0.1) is 0 Å². The molecule has 0 spiro atoms. The van der Waals surface area contributed by atoms with Crippen LogP contribution in [0.4, 0.5) is 0 Å². The van der Waals surface area contributed by atoms with Gasteiger partial charge >= 0.3 is 5.97 Å². The third-order valence-electron chi connectivity index (χ3n) is 2.92. The molecule has 1 rings (SSSR count). The molecule has 0 aliphatic rings. The fourth-order valence-electron chi connectivity index (χ4n) is 1.79. The van der Waals surface area contributed by atoms with Crippen molar-refractivity contribution < 1.29 is 19.4 Å². The smallest absolute Gasteiger partial charge is 0.303 e. The van der Waals surface area contributed by atoms with Crippen molar-refractivity contribution in [3.63, 3.8) is 0 Å². The van der Waals surface area contributed by atoms with Crippen molar-refractivity contribution in [3.05, 3.63) is 42.5 Å². The number of nitrogens with zero attached hydrogens (tertiary/aromatic N) is 1. The number of aliphatic carboxylic acids is 1. The van der Waals surface area contributed by atoms with E-state index >= 15 is 0 Å². The second-order valence-electron chi connectivity index (χ2n) is 4.74. The summed E-state index contributed by atoms with van der Waals surface area (Å²) in [6, 6.07) is 7.50. The molecule has 1 aromatic carbocycles. The molecule has 0 saturated heterocycles. The van der Waals surface area contributed by atoms with Gasteiger partial charge < -0.3 is 14.7 Å². The number of benzene rings is 1. The molecule has 0 aliphatic carbocycles. The van der Waals surface area contributed by atoms with Gasteiger partial charge in [0.15, 0.2) is 0 Å². The molecular weight excluding hydrogens is 270 g/mol. The van der Waals surface area contributed by atoms with Crippen LogP contribution < -0.4 is 4.74 Å². The summed E-state index contributed by atoms with van der Waals surface area (Å²) in [6.45, 7) is 4.53. The lowest BCUT2D eigenvalue weighted by molar-refractivity contribution is -0.137. The van der Waals surface area contributed by atoms with E-state index in [1.165, 1.54) is 0 Å². The molecule has 0 unspecified atom stereocenters. The third-order valence-corrected chi connectivity index (χ3v) is 2.92. The first kappa shape index (κ1) is 16.8. The molecule has 0 radical (unpaired) electrons. The number of carbonyl (C=O) groups excluding carboxylic acids is 1. The highest BCUT2D eigenvalue weighted by atomic mass is 16.5. The van der Waals surface area contributed by atoms with Crippen LogP contribution in [0.5, 0.6) is 5.75 Å². The molecule has 1 N–H and O–H groups in total. The van der Waals surface area contributed by atoms with Crippen molar-refractivity contribution >= 4 is 11.9 Å². The lowest BCUT2D eigenvalue weighted by Gasteiger charge is -2.17. The first-order valence-electron chi connectivity index (χ1n) is 6.81. The number of rotatable bonds is 9. The number of hydrogen-bond donors (Lipinski definition) is 1. The maximum Gasteiger partial charge on any atom is 0.303 e. The second kappa shape index (κ2) is 8.79. The summed E-state index contributed by atoms with van der Waals surface area (Å²) < 4.78 is 5.38. The summed E-state index contributed by atoms with van der Waals surface area (Å²) in [5.41, 5.74) is 0.995. The fraction of sp³-hybridized carbons (Fsp3) is 0.375. The SMILES string of the molecule is C=CCOc1ccc(CN(C)C(=O)CCCC(=O)O)cc1. The van der Waals surface area contributed by atoms with Gasteiger partial charge in [-0.2, -0.15) is 0 Å². The van der Waals surface area contributed by atoms with Crippen LogP contribution in [-0.2, 0) is 16.1 Å². The topological polar surface area (TPSA) is 66.8 Å². The Morgan fingerprint density at radius 3 is 2.52 bits per heavy atom. The zero-order chi connectivity index (χ0) is 15.7. The van der Waals surface area contributed by atoms with Crippen molar-refractivity contribution in [1.29, 1.82) is 0 Å². The third kappa shape index (κ3) is 6.61. The number of amides is 1. The minimum Gasteiger partial charge on any atom is -0.490 e. The van der Waals surface area contributed by atoms with Crippen molar-refractivity contribution in [3.8, 4) is 5.75 Å². The summed E-state index contributed by atoms with van der Waals surface area (Å²) in [7, 11) is 1.71. The molecule has 0 saturated carbocycles. The summed E-state index contributed by atoms with van der Waals surface area (Å²) in [5.74, 6) is -0.169. The Morgan fingerprint density at radius 1 is 1.29 bits per heavy atom. The van der Waals surface area contributed by atoms with E-state index in [2.05, 4.69) is 6.58 Å². The lowest BCUT2D eigenvalue weighted by atomic mass is 10.2. The van der Waals surface area contributed by atoms with E-state index in [-0.39, 0.29) is 18.7 Å². The Kier molecular flexibility index (Phi) is 7.01. The Morgan fingerprint density at radius 2 is 1.95 bits per heavy atom. The number of carboxylic acid groups (broad SMARTS) is 1. The van der Waals surface area contributed by atoms with Gasteiger partial charge in [0.2, 0.25) is 5.91 Å². The monoisotopic (exact) mass is 291 g/mol. The van der Waals surface area contributed by atoms with Gasteiger partial charge in [-0.05, 0) is 24.1 Å². The molecule has 0 fully saturated rings. The molecule has 5 heteroatoms. The minimum absolute atomic E-state index is 0.0227. The van der Waals surface area contributed by atoms with E-state index in [0.717, 1.165) is 11.3 Å². The van der Waals surface area contributed by atoms with Gasteiger partial charge in [-0.25, -0.2) is 0 Å². The molecule has 1 aromatic rings. The Balaban J connectivity index is 2.42. The molecule has 114 valence electrons. The van der Waals surface area contributed by atoms with Gasteiger partial charge in [0.05, 0.1) is 0 Å². The zero-order valence-corrected chi connectivity index (χ0v) is 12.2. The van der Waals surface area contributed by atoms with E-state index in [4.69, 9.17) is 9.84 Å². The maximum atomic E-state index is 11.8. The maximum absolute atomic E-state index is 11.8. The molecule has 0 heterocycles. The Hall–Kier alpha value is -2.30. The van der Waals surface area contributed by atoms with Crippen LogP contribution in [0.2, 0.25) is 0 Å². The normalized spacial score (nSPS) is 9.95. The largest absolute Gasteiger partial charge is 0.490 e.